The van der Waals surface area contributed by atoms with Crippen molar-refractivity contribution < 1.29 is 32.3 Å². The fourth-order valence-corrected chi connectivity index (χ4v) is 5.59. The molecule has 3 saturated heterocycles. The molecule has 3 aliphatic heterocycles. The van der Waals surface area contributed by atoms with Crippen molar-refractivity contribution >= 4 is 34.4 Å². The number of aromatic amines is 1. The Hall–Kier alpha value is -4.20. The molecule has 0 atom stereocenters. The predicted molar refractivity (Wildman–Crippen MR) is 142 cm³/mol. The molecule has 14 heteroatoms. The van der Waals surface area contributed by atoms with E-state index in [2.05, 4.69) is 20.1 Å². The highest BCUT2D eigenvalue weighted by atomic mass is 19.4. The normalized spacial score (nSPS) is 18.7. The summed E-state index contributed by atoms with van der Waals surface area (Å²) in [5.74, 6) is -0.271. The number of carbonyl (C=O) groups is 3. The smallest absolute Gasteiger partial charge is 0.378 e. The summed E-state index contributed by atoms with van der Waals surface area (Å²) >= 11 is 0. The monoisotopic (exact) mass is 573 g/mol. The highest BCUT2D eigenvalue weighted by Crippen LogP contribution is 2.39. The summed E-state index contributed by atoms with van der Waals surface area (Å²) in [4.78, 5) is 51.9. The van der Waals surface area contributed by atoms with Gasteiger partial charge in [-0.1, -0.05) is 18.2 Å². The van der Waals surface area contributed by atoms with Crippen LogP contribution in [0.5, 0.6) is 0 Å². The van der Waals surface area contributed by atoms with Gasteiger partial charge < -0.3 is 24.3 Å². The highest BCUT2D eigenvalue weighted by Gasteiger charge is 2.54. The van der Waals surface area contributed by atoms with Gasteiger partial charge in [-0.15, -0.1) is 0 Å². The van der Waals surface area contributed by atoms with Gasteiger partial charge in [0.25, 0.3) is 11.8 Å². The first-order valence-corrected chi connectivity index (χ1v) is 13.3. The van der Waals surface area contributed by atoms with Crippen LogP contribution in [-0.2, 0) is 14.3 Å². The lowest BCUT2D eigenvalue weighted by atomic mass is 9.85. The SMILES string of the molecule is FC(F)F.O=C(CN1CN(c2ccccc2)C2(CCN(C(=O)c3ccc4[nH]ncc4n3)CC2)C1=O)N1CCOCC1. The number of nitrogens with zero attached hydrogens (tertiary/aromatic N) is 6. The van der Waals surface area contributed by atoms with Crippen molar-refractivity contribution in [3.05, 3.63) is 54.4 Å². The number of likely N-dealkylation sites (tertiary alicyclic amines) is 1. The van der Waals surface area contributed by atoms with Crippen LogP contribution in [0.15, 0.2) is 48.7 Å². The standard InChI is InChI=1S/C26H29N7O4.CHF3/c34-23(30-12-14-37-15-13-30)17-32-18-33(19-4-2-1-3-5-19)26(25(32)36)8-10-31(11-9-26)24(35)21-7-6-20-22(28-21)16-27-29-20;2-1(3)4/h1-7,16H,8-15,17-18H2,(H,27,29);1H. The van der Waals surface area contributed by atoms with Crippen molar-refractivity contribution in [3.63, 3.8) is 0 Å². The molecule has 2 aromatic heterocycles. The second kappa shape index (κ2) is 12.1. The van der Waals surface area contributed by atoms with Crippen LogP contribution in [-0.4, -0.2) is 112 Å². The maximum atomic E-state index is 13.9. The summed E-state index contributed by atoms with van der Waals surface area (Å²) in [7, 11) is 0. The molecule has 1 spiro atoms. The summed E-state index contributed by atoms with van der Waals surface area (Å²) in [5.41, 5.74) is 1.91. The number of amides is 3. The first-order chi connectivity index (χ1) is 19.8. The van der Waals surface area contributed by atoms with Gasteiger partial charge in [-0.2, -0.15) is 18.3 Å². The molecule has 1 aromatic carbocycles. The summed E-state index contributed by atoms with van der Waals surface area (Å²) in [6.07, 6.45) is 2.55. The number of nitrogens with one attached hydrogen (secondary N) is 1. The molecule has 3 aliphatic rings. The Morgan fingerprint density at radius 2 is 1.66 bits per heavy atom. The van der Waals surface area contributed by atoms with E-state index in [1.165, 1.54) is 0 Å². The Balaban J connectivity index is 0.000000794. The third kappa shape index (κ3) is 5.97. The third-order valence-electron chi connectivity index (χ3n) is 7.67. The number of fused-ring (bicyclic) bond motifs is 1. The first kappa shape index (κ1) is 28.3. The van der Waals surface area contributed by atoms with Crippen molar-refractivity contribution in [3.8, 4) is 0 Å². The van der Waals surface area contributed by atoms with Crippen molar-refractivity contribution in [1.82, 2.24) is 29.9 Å². The van der Waals surface area contributed by atoms with E-state index in [0.29, 0.717) is 70.1 Å². The summed E-state index contributed by atoms with van der Waals surface area (Å²) in [5, 5.41) is 6.82. The van der Waals surface area contributed by atoms with Crippen LogP contribution in [0.4, 0.5) is 18.9 Å². The van der Waals surface area contributed by atoms with Gasteiger partial charge in [-0.05, 0) is 37.1 Å². The minimum Gasteiger partial charge on any atom is -0.378 e. The Kier molecular flexibility index (Phi) is 8.38. The molecule has 5 heterocycles. The second-order valence-corrected chi connectivity index (χ2v) is 9.97. The van der Waals surface area contributed by atoms with Crippen LogP contribution in [0.2, 0.25) is 0 Å². The number of para-hydroxylation sites is 1. The predicted octanol–water partition coefficient (Wildman–Crippen LogP) is 2.28. The number of hydrogen-bond acceptors (Lipinski definition) is 7. The van der Waals surface area contributed by atoms with Crippen molar-refractivity contribution in [2.45, 2.75) is 25.1 Å². The van der Waals surface area contributed by atoms with Crippen molar-refractivity contribution in [2.75, 3.05) is 57.5 Å². The molecule has 6 rings (SSSR count). The molecule has 11 nitrogen and oxygen atoms in total. The fourth-order valence-electron chi connectivity index (χ4n) is 5.59. The number of rotatable bonds is 4. The molecule has 0 saturated carbocycles. The minimum atomic E-state index is -3.67. The molecule has 41 heavy (non-hydrogen) atoms. The average molecular weight is 574 g/mol. The molecular weight excluding hydrogens is 543 g/mol. The zero-order valence-electron chi connectivity index (χ0n) is 22.2. The number of morpholine rings is 1. The molecule has 0 aliphatic carbocycles. The van der Waals surface area contributed by atoms with Gasteiger partial charge >= 0.3 is 6.68 Å². The lowest BCUT2D eigenvalue weighted by Crippen LogP contribution is -2.57. The Bertz CT molecular complexity index is 1370. The second-order valence-electron chi connectivity index (χ2n) is 9.97. The summed E-state index contributed by atoms with van der Waals surface area (Å²) in [6.45, 7) is -0.312. The molecule has 0 unspecified atom stereocenters. The Morgan fingerprint density at radius 3 is 2.34 bits per heavy atom. The van der Waals surface area contributed by atoms with Gasteiger partial charge in [-0.25, -0.2) is 4.98 Å². The quantitative estimate of drug-likeness (QED) is 0.509. The maximum absolute atomic E-state index is 13.9. The summed E-state index contributed by atoms with van der Waals surface area (Å²) in [6, 6.07) is 13.3. The lowest BCUT2D eigenvalue weighted by molar-refractivity contribution is -0.143. The van der Waals surface area contributed by atoms with Gasteiger partial charge in [0.05, 0.1) is 31.6 Å². The number of piperidine rings is 1. The average Bonchev–Trinajstić information content (AvgIpc) is 3.56. The number of halogens is 3. The number of anilines is 1. The largest absolute Gasteiger partial charge is 0.379 e. The van der Waals surface area contributed by atoms with Gasteiger partial charge in [0.2, 0.25) is 5.91 Å². The summed E-state index contributed by atoms with van der Waals surface area (Å²) < 4.78 is 34.4. The molecule has 0 radical (unpaired) electrons. The van der Waals surface area contributed by atoms with Gasteiger partial charge in [-0.3, -0.25) is 19.5 Å². The number of carbonyl (C=O) groups excluding carboxylic acids is 3. The lowest BCUT2D eigenvalue weighted by Gasteiger charge is -2.43. The van der Waals surface area contributed by atoms with E-state index in [9.17, 15) is 27.6 Å². The zero-order chi connectivity index (χ0) is 29.0. The number of hydrogen-bond donors (Lipinski definition) is 1. The molecular formula is C27H30F3N7O4. The van der Waals surface area contributed by atoms with E-state index >= 15 is 0 Å². The maximum Gasteiger partial charge on any atom is 0.379 e. The molecule has 3 fully saturated rings. The third-order valence-corrected chi connectivity index (χ3v) is 7.67. The topological polar surface area (TPSA) is 115 Å². The molecule has 3 aromatic rings. The molecule has 218 valence electrons. The number of benzene rings is 1. The van der Waals surface area contributed by atoms with Crippen LogP contribution in [0.3, 0.4) is 0 Å². The van der Waals surface area contributed by atoms with Crippen LogP contribution in [0, 0.1) is 0 Å². The molecule has 0 bridgehead atoms. The van der Waals surface area contributed by atoms with Crippen molar-refractivity contribution in [1.29, 1.82) is 0 Å². The van der Waals surface area contributed by atoms with Gasteiger partial charge in [0, 0.05) is 31.9 Å². The van der Waals surface area contributed by atoms with E-state index < -0.39 is 12.2 Å². The van der Waals surface area contributed by atoms with E-state index in [-0.39, 0.29) is 24.3 Å². The molecule has 1 N–H and O–H groups in total. The van der Waals surface area contributed by atoms with E-state index in [4.69, 9.17) is 4.74 Å². The molecule has 3 amide bonds. The number of pyridine rings is 1. The van der Waals surface area contributed by atoms with Crippen LogP contribution in [0.1, 0.15) is 23.3 Å². The highest BCUT2D eigenvalue weighted by molar-refractivity contribution is 5.97. The van der Waals surface area contributed by atoms with E-state index in [1.54, 1.807) is 33.0 Å². The fraction of sp³-hybridized carbons (Fsp3) is 0.444. The van der Waals surface area contributed by atoms with E-state index in [1.807, 2.05) is 30.3 Å². The zero-order valence-corrected chi connectivity index (χ0v) is 22.2. The number of H-pyrrole nitrogens is 1. The Labute approximate surface area is 233 Å². The van der Waals surface area contributed by atoms with Crippen LogP contribution < -0.4 is 4.90 Å². The Morgan fingerprint density at radius 1 is 0.976 bits per heavy atom. The first-order valence-electron chi connectivity index (χ1n) is 13.3. The van der Waals surface area contributed by atoms with Crippen molar-refractivity contribution in [2.24, 2.45) is 0 Å². The minimum absolute atomic E-state index is 0.0429. The van der Waals surface area contributed by atoms with E-state index in [0.717, 1.165) is 11.2 Å². The number of alkyl halides is 3. The number of aromatic nitrogens is 3. The van der Waals surface area contributed by atoms with Crippen LogP contribution in [0.25, 0.3) is 11.0 Å². The van der Waals surface area contributed by atoms with Gasteiger partial charge in [0.1, 0.15) is 23.3 Å². The number of ether oxygens (including phenoxy) is 1. The van der Waals surface area contributed by atoms with Crippen LogP contribution >= 0.6 is 0 Å². The van der Waals surface area contributed by atoms with Gasteiger partial charge in [0.15, 0.2) is 0 Å².